The summed E-state index contributed by atoms with van der Waals surface area (Å²) in [6, 6.07) is 0. The highest BCUT2D eigenvalue weighted by molar-refractivity contribution is 7.80. The van der Waals surface area contributed by atoms with Crippen LogP contribution in [-0.2, 0) is 0 Å². The van der Waals surface area contributed by atoms with Crippen molar-refractivity contribution in [3.63, 3.8) is 0 Å². The van der Waals surface area contributed by atoms with Crippen molar-refractivity contribution in [2.75, 3.05) is 18.8 Å². The third-order valence-electron chi connectivity index (χ3n) is 0.855. The summed E-state index contributed by atoms with van der Waals surface area (Å²) in [4.78, 5) is 0. The fraction of sp³-hybridized carbons (Fsp3) is 1.00. The number of nitrogens with two attached hydrogens (primary N) is 1. The van der Waals surface area contributed by atoms with Crippen LogP contribution in [0, 0.1) is 0 Å². The molecule has 0 aromatic rings. The summed E-state index contributed by atoms with van der Waals surface area (Å²) < 4.78 is 0. The standard InChI is InChI=1S/C5H13NS.ClH/c1-2-6-4-3-5-7;/h6-7H,2-5H2,1H3;1H. The maximum absolute atomic E-state index is 4.07. The van der Waals surface area contributed by atoms with E-state index < -0.39 is 0 Å². The van der Waals surface area contributed by atoms with Gasteiger partial charge in [0, 0.05) is 6.42 Å². The van der Waals surface area contributed by atoms with Crippen LogP contribution in [0.1, 0.15) is 13.3 Å². The van der Waals surface area contributed by atoms with E-state index in [9.17, 15) is 0 Å². The third-order valence-corrected chi connectivity index (χ3v) is 1.17. The molecule has 0 radical (unpaired) electrons. The van der Waals surface area contributed by atoms with Gasteiger partial charge in [-0.3, -0.25) is 0 Å². The average molecular weight is 156 g/mol. The van der Waals surface area contributed by atoms with Gasteiger partial charge in [0.15, 0.2) is 0 Å². The van der Waals surface area contributed by atoms with Crippen LogP contribution in [-0.4, -0.2) is 18.8 Å². The third kappa shape index (κ3) is 9.78. The Hall–Kier alpha value is 0.600. The summed E-state index contributed by atoms with van der Waals surface area (Å²) in [5.41, 5.74) is 0. The van der Waals surface area contributed by atoms with Gasteiger partial charge in [0.05, 0.1) is 13.1 Å². The first-order valence-corrected chi connectivity index (χ1v) is 3.47. The zero-order valence-corrected chi connectivity index (χ0v) is 6.88. The van der Waals surface area contributed by atoms with Crippen molar-refractivity contribution in [1.82, 2.24) is 0 Å². The van der Waals surface area contributed by atoms with Gasteiger partial charge in [0.2, 0.25) is 0 Å². The van der Waals surface area contributed by atoms with Gasteiger partial charge in [-0.1, -0.05) is 0 Å². The van der Waals surface area contributed by atoms with E-state index in [1.54, 1.807) is 0 Å². The van der Waals surface area contributed by atoms with Gasteiger partial charge in [-0.2, -0.15) is 12.6 Å². The van der Waals surface area contributed by atoms with E-state index in [0.29, 0.717) is 0 Å². The molecule has 0 rings (SSSR count). The van der Waals surface area contributed by atoms with Crippen molar-refractivity contribution in [3.8, 4) is 0 Å². The van der Waals surface area contributed by atoms with E-state index in [1.165, 1.54) is 19.5 Å². The number of hydrogen-bond acceptors (Lipinski definition) is 1. The molecule has 1 nitrogen and oxygen atoms in total. The SMILES string of the molecule is CC[NH2+]CCCS.[Cl-]. The lowest BCUT2D eigenvalue weighted by Gasteiger charge is -1.91. The maximum Gasteiger partial charge on any atom is 0.0763 e. The minimum absolute atomic E-state index is 0. The molecule has 0 aromatic heterocycles. The Morgan fingerprint density at radius 1 is 1.50 bits per heavy atom. The van der Waals surface area contributed by atoms with Crippen LogP contribution in [0.4, 0.5) is 0 Å². The van der Waals surface area contributed by atoms with Gasteiger partial charge in [-0.05, 0) is 12.7 Å². The van der Waals surface area contributed by atoms with Crippen LogP contribution < -0.4 is 17.7 Å². The van der Waals surface area contributed by atoms with E-state index in [0.717, 1.165) is 5.75 Å². The molecule has 0 atom stereocenters. The van der Waals surface area contributed by atoms with Crippen molar-refractivity contribution in [3.05, 3.63) is 0 Å². The average Bonchev–Trinajstić information content (AvgIpc) is 1.69. The molecule has 2 N–H and O–H groups in total. The number of rotatable bonds is 4. The van der Waals surface area contributed by atoms with E-state index in [-0.39, 0.29) is 12.4 Å². The predicted molar refractivity (Wildman–Crippen MR) is 35.8 cm³/mol. The van der Waals surface area contributed by atoms with E-state index in [4.69, 9.17) is 0 Å². The van der Waals surface area contributed by atoms with E-state index >= 15 is 0 Å². The first-order valence-electron chi connectivity index (χ1n) is 2.84. The van der Waals surface area contributed by atoms with Gasteiger partial charge in [0.1, 0.15) is 0 Å². The molecule has 0 fully saturated rings. The molecule has 0 spiro atoms. The van der Waals surface area contributed by atoms with Gasteiger partial charge in [-0.15, -0.1) is 0 Å². The summed E-state index contributed by atoms with van der Waals surface area (Å²) in [7, 11) is 0. The number of halogens is 1. The molecular formula is C5H14ClNS. The first kappa shape index (κ1) is 11.4. The molecule has 0 saturated carbocycles. The largest absolute Gasteiger partial charge is 1.00 e. The van der Waals surface area contributed by atoms with Gasteiger partial charge in [-0.25, -0.2) is 0 Å². The van der Waals surface area contributed by atoms with Crippen molar-refractivity contribution in [1.29, 1.82) is 0 Å². The summed E-state index contributed by atoms with van der Waals surface area (Å²) in [6.07, 6.45) is 1.23. The highest BCUT2D eigenvalue weighted by Crippen LogP contribution is 1.74. The summed E-state index contributed by atoms with van der Waals surface area (Å²) in [5, 5.41) is 2.29. The molecule has 0 heterocycles. The van der Waals surface area contributed by atoms with Gasteiger partial charge in [0.25, 0.3) is 0 Å². The number of thiol groups is 1. The normalized spacial score (nSPS) is 8.25. The Labute approximate surface area is 63.1 Å². The molecule has 0 aromatic carbocycles. The van der Waals surface area contributed by atoms with Gasteiger partial charge < -0.3 is 17.7 Å². The molecular weight excluding hydrogens is 142 g/mol. The molecule has 0 aliphatic carbocycles. The van der Waals surface area contributed by atoms with Crippen LogP contribution in [0.3, 0.4) is 0 Å². The fourth-order valence-electron chi connectivity index (χ4n) is 0.440. The Kier molecular flexibility index (Phi) is 15.0. The Morgan fingerprint density at radius 3 is 2.50 bits per heavy atom. The smallest absolute Gasteiger partial charge is 0.0763 e. The molecule has 0 amide bonds. The highest BCUT2D eigenvalue weighted by atomic mass is 35.5. The lowest BCUT2D eigenvalue weighted by molar-refractivity contribution is -0.651. The monoisotopic (exact) mass is 155 g/mol. The summed E-state index contributed by atoms with van der Waals surface area (Å²) >= 11 is 4.07. The second kappa shape index (κ2) is 10.6. The second-order valence-electron chi connectivity index (χ2n) is 1.56. The van der Waals surface area contributed by atoms with Crippen molar-refractivity contribution < 1.29 is 17.7 Å². The second-order valence-corrected chi connectivity index (χ2v) is 2.01. The first-order chi connectivity index (χ1) is 3.41. The van der Waals surface area contributed by atoms with Crippen molar-refractivity contribution >= 4 is 12.6 Å². The van der Waals surface area contributed by atoms with Gasteiger partial charge >= 0.3 is 0 Å². The van der Waals surface area contributed by atoms with Crippen LogP contribution in [0.15, 0.2) is 0 Å². The van der Waals surface area contributed by atoms with Crippen LogP contribution in [0.5, 0.6) is 0 Å². The summed E-state index contributed by atoms with van der Waals surface area (Å²) in [6.45, 7) is 4.60. The van der Waals surface area contributed by atoms with Crippen LogP contribution in [0.2, 0.25) is 0 Å². The Morgan fingerprint density at radius 2 is 2.12 bits per heavy atom. The Bertz CT molecular complexity index is 31.6. The number of quaternary nitrogens is 1. The van der Waals surface area contributed by atoms with Crippen LogP contribution >= 0.6 is 12.6 Å². The molecule has 52 valence electrons. The molecule has 0 aliphatic rings. The Balaban J connectivity index is 0. The molecule has 0 aliphatic heterocycles. The number of hydrogen-bond donors (Lipinski definition) is 2. The minimum Gasteiger partial charge on any atom is -1.00 e. The molecule has 0 bridgehead atoms. The van der Waals surface area contributed by atoms with E-state index in [1.807, 2.05) is 0 Å². The van der Waals surface area contributed by atoms with Crippen LogP contribution in [0.25, 0.3) is 0 Å². The zero-order valence-electron chi connectivity index (χ0n) is 5.23. The topological polar surface area (TPSA) is 16.6 Å². The lowest BCUT2D eigenvalue weighted by Crippen LogP contribution is -3.00. The minimum atomic E-state index is 0. The molecule has 0 unspecified atom stereocenters. The van der Waals surface area contributed by atoms with E-state index in [2.05, 4.69) is 24.9 Å². The lowest BCUT2D eigenvalue weighted by atomic mass is 10.5. The summed E-state index contributed by atoms with van der Waals surface area (Å²) in [5.74, 6) is 1.02. The van der Waals surface area contributed by atoms with Crippen molar-refractivity contribution in [2.45, 2.75) is 13.3 Å². The van der Waals surface area contributed by atoms with Crippen molar-refractivity contribution in [2.24, 2.45) is 0 Å². The quantitative estimate of drug-likeness (QED) is 0.316. The zero-order chi connectivity index (χ0) is 5.54. The highest BCUT2D eigenvalue weighted by Gasteiger charge is 1.81. The maximum atomic E-state index is 4.07. The predicted octanol–water partition coefficient (Wildman–Crippen LogP) is -3.11. The molecule has 0 saturated heterocycles. The molecule has 8 heavy (non-hydrogen) atoms. The fourth-order valence-corrected chi connectivity index (χ4v) is 0.622. The molecule has 3 heteroatoms.